The summed E-state index contributed by atoms with van der Waals surface area (Å²) in [5.74, 6) is 1.76. The molecule has 0 spiro atoms. The molecule has 2 bridgehead atoms. The lowest BCUT2D eigenvalue weighted by Crippen LogP contribution is -2.52. The summed E-state index contributed by atoms with van der Waals surface area (Å²) >= 11 is 0. The van der Waals surface area contributed by atoms with Crippen molar-refractivity contribution < 1.29 is 4.74 Å². The molecule has 3 rings (SSSR count). The lowest BCUT2D eigenvalue weighted by atomic mass is 9.93. The zero-order valence-corrected chi connectivity index (χ0v) is 18.7. The number of hydrogen-bond acceptors (Lipinski definition) is 3. The number of guanidine groups is 1. The number of halogens is 1. The van der Waals surface area contributed by atoms with E-state index in [9.17, 15) is 0 Å². The first-order valence-corrected chi connectivity index (χ1v) is 9.93. The number of aliphatic imine (C=N–C) groups is 1. The molecular formula is C19H37IN4O. The summed E-state index contributed by atoms with van der Waals surface area (Å²) < 4.78 is 5.96. The van der Waals surface area contributed by atoms with Crippen molar-refractivity contribution in [2.24, 2.45) is 10.9 Å². The zero-order chi connectivity index (χ0) is 17.2. The number of likely N-dealkylation sites (tertiary alicyclic amines) is 1. The minimum Gasteiger partial charge on any atom is -0.373 e. The highest BCUT2D eigenvalue weighted by atomic mass is 127. The molecular weight excluding hydrogens is 427 g/mol. The molecule has 0 saturated carbocycles. The van der Waals surface area contributed by atoms with Gasteiger partial charge in [0.15, 0.2) is 5.96 Å². The largest absolute Gasteiger partial charge is 0.373 e. The molecule has 4 atom stereocenters. The van der Waals surface area contributed by atoms with Crippen LogP contribution >= 0.6 is 24.0 Å². The van der Waals surface area contributed by atoms with Gasteiger partial charge < -0.3 is 15.4 Å². The third-order valence-electron chi connectivity index (χ3n) is 5.91. The van der Waals surface area contributed by atoms with Crippen LogP contribution in [0.3, 0.4) is 0 Å². The second kappa shape index (κ2) is 9.22. The van der Waals surface area contributed by atoms with E-state index < -0.39 is 0 Å². The Balaban J connectivity index is 0.00000225. The molecule has 2 N–H and O–H groups in total. The van der Waals surface area contributed by atoms with Crippen molar-refractivity contribution in [3.05, 3.63) is 0 Å². The number of ether oxygens (including phenoxy) is 1. The van der Waals surface area contributed by atoms with Crippen molar-refractivity contribution in [2.75, 3.05) is 26.2 Å². The number of hydrogen-bond donors (Lipinski definition) is 2. The smallest absolute Gasteiger partial charge is 0.191 e. The van der Waals surface area contributed by atoms with Crippen molar-refractivity contribution in [1.82, 2.24) is 15.5 Å². The molecule has 0 amide bonds. The molecule has 0 aromatic rings. The summed E-state index contributed by atoms with van der Waals surface area (Å²) in [7, 11) is 0. The van der Waals surface area contributed by atoms with Gasteiger partial charge in [-0.15, -0.1) is 24.0 Å². The Morgan fingerprint density at radius 1 is 1.28 bits per heavy atom. The van der Waals surface area contributed by atoms with Crippen LogP contribution in [0, 0.1) is 5.92 Å². The highest BCUT2D eigenvalue weighted by Crippen LogP contribution is 2.34. The monoisotopic (exact) mass is 464 g/mol. The standard InChI is InChI=1S/C19H36N4O.HI/c1-5-20-18(22-16-11-15-8-9-17(16)24-15)21-13-19(3,4)23-10-6-7-14(2)12-23;/h14-17H,5-13H2,1-4H3,(H2,20,21,22);1H. The Morgan fingerprint density at radius 2 is 2.08 bits per heavy atom. The van der Waals surface area contributed by atoms with E-state index in [2.05, 4.69) is 43.2 Å². The summed E-state index contributed by atoms with van der Waals surface area (Å²) in [5, 5.41) is 7.05. The van der Waals surface area contributed by atoms with Gasteiger partial charge in [0.2, 0.25) is 0 Å². The molecule has 3 aliphatic heterocycles. The van der Waals surface area contributed by atoms with Crippen molar-refractivity contribution in [2.45, 2.75) is 83.6 Å². The van der Waals surface area contributed by atoms with Crippen LogP contribution in [0.2, 0.25) is 0 Å². The lowest BCUT2D eigenvalue weighted by Gasteiger charge is -2.42. The molecule has 0 aromatic heterocycles. The second-order valence-corrected chi connectivity index (χ2v) is 8.56. The van der Waals surface area contributed by atoms with E-state index in [0.29, 0.717) is 18.2 Å². The van der Waals surface area contributed by atoms with E-state index in [1.165, 1.54) is 38.8 Å². The predicted molar refractivity (Wildman–Crippen MR) is 115 cm³/mol. The highest BCUT2D eigenvalue weighted by Gasteiger charge is 2.41. The molecule has 3 heterocycles. The van der Waals surface area contributed by atoms with Crippen molar-refractivity contribution in [1.29, 1.82) is 0 Å². The van der Waals surface area contributed by atoms with Gasteiger partial charge in [-0.2, -0.15) is 0 Å². The quantitative estimate of drug-likeness (QED) is 0.373. The molecule has 6 heteroatoms. The van der Waals surface area contributed by atoms with Gasteiger partial charge in [-0.1, -0.05) is 6.92 Å². The number of fused-ring (bicyclic) bond motifs is 2. The van der Waals surface area contributed by atoms with E-state index in [1.807, 2.05) is 0 Å². The predicted octanol–water partition coefficient (Wildman–Crippen LogP) is 2.99. The molecule has 0 aliphatic carbocycles. The Morgan fingerprint density at radius 3 is 2.68 bits per heavy atom. The first-order chi connectivity index (χ1) is 11.5. The van der Waals surface area contributed by atoms with E-state index in [0.717, 1.165) is 31.4 Å². The van der Waals surface area contributed by atoms with Crippen molar-refractivity contribution in [3.8, 4) is 0 Å². The number of piperidine rings is 1. The van der Waals surface area contributed by atoms with Gasteiger partial charge in [-0.25, -0.2) is 0 Å². The van der Waals surface area contributed by atoms with Crippen LogP contribution in [0.5, 0.6) is 0 Å². The van der Waals surface area contributed by atoms with E-state index in [1.54, 1.807) is 0 Å². The third kappa shape index (κ3) is 5.45. The van der Waals surface area contributed by atoms with E-state index in [4.69, 9.17) is 9.73 Å². The Kier molecular flexibility index (Phi) is 7.83. The lowest BCUT2D eigenvalue weighted by molar-refractivity contribution is 0.0774. The van der Waals surface area contributed by atoms with Gasteiger partial charge in [-0.3, -0.25) is 9.89 Å². The minimum absolute atomic E-state index is 0. The van der Waals surface area contributed by atoms with Crippen LogP contribution in [0.15, 0.2) is 4.99 Å². The topological polar surface area (TPSA) is 48.9 Å². The number of rotatable bonds is 5. The SMILES string of the molecule is CCNC(=NCC(C)(C)N1CCCC(C)C1)NC1CC2CCC1O2.I. The Bertz CT molecular complexity index is 457. The maximum Gasteiger partial charge on any atom is 0.191 e. The molecule has 0 aromatic carbocycles. The summed E-state index contributed by atoms with van der Waals surface area (Å²) in [6, 6.07) is 0.430. The number of nitrogens with zero attached hydrogens (tertiary/aromatic N) is 2. The molecule has 3 fully saturated rings. The molecule has 3 saturated heterocycles. The highest BCUT2D eigenvalue weighted by molar-refractivity contribution is 14.0. The average Bonchev–Trinajstić information content (AvgIpc) is 3.16. The zero-order valence-electron chi connectivity index (χ0n) is 16.4. The number of nitrogens with one attached hydrogen (secondary N) is 2. The van der Waals surface area contributed by atoms with E-state index in [-0.39, 0.29) is 29.5 Å². The fourth-order valence-corrected chi connectivity index (χ4v) is 4.40. The molecule has 4 unspecified atom stereocenters. The van der Waals surface area contributed by atoms with Crippen LogP contribution in [0.1, 0.15) is 59.8 Å². The summed E-state index contributed by atoms with van der Waals surface area (Å²) in [6.07, 6.45) is 7.09. The van der Waals surface area contributed by atoms with Gasteiger partial charge in [-0.05, 0) is 65.3 Å². The fraction of sp³-hybridized carbons (Fsp3) is 0.947. The molecule has 0 radical (unpaired) electrons. The summed E-state index contributed by atoms with van der Waals surface area (Å²) in [4.78, 5) is 7.55. The molecule has 25 heavy (non-hydrogen) atoms. The normalized spacial score (nSPS) is 33.2. The molecule has 3 aliphatic rings. The van der Waals surface area contributed by atoms with Gasteiger partial charge in [0.05, 0.1) is 24.8 Å². The van der Waals surface area contributed by atoms with Gasteiger partial charge in [0.1, 0.15) is 0 Å². The van der Waals surface area contributed by atoms with Crippen LogP contribution in [0.25, 0.3) is 0 Å². The third-order valence-corrected chi connectivity index (χ3v) is 5.91. The van der Waals surface area contributed by atoms with Crippen LogP contribution < -0.4 is 10.6 Å². The maximum absolute atomic E-state index is 5.96. The van der Waals surface area contributed by atoms with Gasteiger partial charge >= 0.3 is 0 Å². The van der Waals surface area contributed by atoms with Crippen LogP contribution in [-0.2, 0) is 4.74 Å². The maximum atomic E-state index is 5.96. The molecule has 146 valence electrons. The first-order valence-electron chi connectivity index (χ1n) is 9.93. The minimum atomic E-state index is 0. The summed E-state index contributed by atoms with van der Waals surface area (Å²) in [6.45, 7) is 13.3. The van der Waals surface area contributed by atoms with Gasteiger partial charge in [0.25, 0.3) is 0 Å². The van der Waals surface area contributed by atoms with Crippen molar-refractivity contribution >= 4 is 29.9 Å². The molecule has 5 nitrogen and oxygen atoms in total. The van der Waals surface area contributed by atoms with Gasteiger partial charge in [0, 0.05) is 18.6 Å². The fourth-order valence-electron chi connectivity index (χ4n) is 4.40. The Hall–Kier alpha value is -0.0800. The first kappa shape index (κ1) is 21.2. The van der Waals surface area contributed by atoms with Crippen LogP contribution in [-0.4, -0.2) is 60.8 Å². The Labute approximate surface area is 170 Å². The second-order valence-electron chi connectivity index (χ2n) is 8.56. The van der Waals surface area contributed by atoms with E-state index >= 15 is 0 Å². The average molecular weight is 464 g/mol. The van der Waals surface area contributed by atoms with Crippen LogP contribution in [0.4, 0.5) is 0 Å². The van der Waals surface area contributed by atoms with Crippen molar-refractivity contribution in [3.63, 3.8) is 0 Å². The summed E-state index contributed by atoms with van der Waals surface area (Å²) in [5.41, 5.74) is 0.113.